The first-order valence-electron chi connectivity index (χ1n) is 5.07. The molecule has 6 heteroatoms. The zero-order valence-electron chi connectivity index (χ0n) is 8.88. The summed E-state index contributed by atoms with van der Waals surface area (Å²) >= 11 is 1.60. The lowest BCUT2D eigenvalue weighted by Crippen LogP contribution is -1.82. The Morgan fingerprint density at radius 3 is 3.18 bits per heavy atom. The van der Waals surface area contributed by atoms with Crippen molar-refractivity contribution in [2.45, 2.75) is 10.9 Å². The summed E-state index contributed by atoms with van der Waals surface area (Å²) in [7, 11) is 0. The fourth-order valence-corrected chi connectivity index (χ4v) is 2.31. The van der Waals surface area contributed by atoms with Gasteiger partial charge in [-0.2, -0.15) is 0 Å². The zero-order chi connectivity index (χ0) is 11.7. The Morgan fingerprint density at radius 1 is 1.41 bits per heavy atom. The molecule has 0 radical (unpaired) electrons. The molecule has 0 amide bonds. The van der Waals surface area contributed by atoms with Gasteiger partial charge in [-0.25, -0.2) is 4.98 Å². The van der Waals surface area contributed by atoms with E-state index < -0.39 is 0 Å². The number of benzene rings is 1. The molecular weight excluding hydrogens is 236 g/mol. The summed E-state index contributed by atoms with van der Waals surface area (Å²) in [6.45, 7) is 0. The molecule has 0 saturated carbocycles. The highest BCUT2D eigenvalue weighted by molar-refractivity contribution is 7.98. The normalized spacial score (nSPS) is 11.1. The number of nitrogens with zero attached hydrogens (tertiary/aromatic N) is 2. The van der Waals surface area contributed by atoms with E-state index in [9.17, 15) is 0 Å². The van der Waals surface area contributed by atoms with E-state index in [-0.39, 0.29) is 0 Å². The highest BCUT2D eigenvalue weighted by Crippen LogP contribution is 2.23. The molecule has 3 N–H and O–H groups in total. The van der Waals surface area contributed by atoms with E-state index in [1.807, 2.05) is 18.2 Å². The van der Waals surface area contributed by atoms with E-state index >= 15 is 0 Å². The summed E-state index contributed by atoms with van der Waals surface area (Å²) in [5.41, 5.74) is 9.36. The Kier molecular flexibility index (Phi) is 2.49. The largest absolute Gasteiger partial charge is 0.399 e. The van der Waals surface area contributed by atoms with E-state index in [4.69, 9.17) is 10.3 Å². The SMILES string of the molecule is Nc1ccc2nc(SCc3cnoc3)[nH]c2c1. The van der Waals surface area contributed by atoms with Crippen molar-refractivity contribution in [2.75, 3.05) is 5.73 Å². The van der Waals surface area contributed by atoms with Crippen LogP contribution in [-0.2, 0) is 5.75 Å². The predicted octanol–water partition coefficient (Wildman–Crippen LogP) is 2.43. The second kappa shape index (κ2) is 4.14. The minimum atomic E-state index is 0.733. The molecule has 0 aliphatic carbocycles. The van der Waals surface area contributed by atoms with E-state index in [1.54, 1.807) is 24.2 Å². The number of hydrogen-bond acceptors (Lipinski definition) is 5. The predicted molar refractivity (Wildman–Crippen MR) is 66.6 cm³/mol. The van der Waals surface area contributed by atoms with Gasteiger partial charge in [-0.3, -0.25) is 0 Å². The van der Waals surface area contributed by atoms with Crippen LogP contribution in [0.25, 0.3) is 11.0 Å². The molecule has 3 rings (SSSR count). The van der Waals surface area contributed by atoms with Crippen LogP contribution in [-0.4, -0.2) is 15.1 Å². The number of nitrogens with one attached hydrogen (secondary N) is 1. The van der Waals surface area contributed by atoms with Crippen molar-refractivity contribution < 1.29 is 4.52 Å². The molecule has 0 bridgehead atoms. The lowest BCUT2D eigenvalue weighted by atomic mass is 10.3. The molecule has 0 unspecified atom stereocenters. The standard InChI is InChI=1S/C11H10N4OS/c12-8-1-2-9-10(3-8)15-11(14-9)17-6-7-4-13-16-5-7/h1-5H,6,12H2,(H,14,15). The molecule has 2 aromatic heterocycles. The van der Waals surface area contributed by atoms with Crippen LogP contribution < -0.4 is 5.73 Å². The van der Waals surface area contributed by atoms with E-state index in [0.29, 0.717) is 0 Å². The van der Waals surface area contributed by atoms with Crippen LogP contribution in [0, 0.1) is 0 Å². The number of aromatic nitrogens is 3. The van der Waals surface area contributed by atoms with Crippen molar-refractivity contribution >= 4 is 28.5 Å². The first-order valence-corrected chi connectivity index (χ1v) is 6.06. The maximum atomic E-state index is 5.71. The van der Waals surface area contributed by atoms with Crippen LogP contribution in [0.5, 0.6) is 0 Å². The highest BCUT2D eigenvalue weighted by atomic mass is 32.2. The number of imidazole rings is 1. The number of fused-ring (bicyclic) bond motifs is 1. The summed E-state index contributed by atoms with van der Waals surface area (Å²) in [5.74, 6) is 0.777. The van der Waals surface area contributed by atoms with Gasteiger partial charge in [0.2, 0.25) is 0 Å². The van der Waals surface area contributed by atoms with Crippen molar-refractivity contribution in [3.63, 3.8) is 0 Å². The summed E-state index contributed by atoms with van der Waals surface area (Å²) < 4.78 is 4.77. The Bertz CT molecular complexity index is 632. The smallest absolute Gasteiger partial charge is 0.166 e. The van der Waals surface area contributed by atoms with Crippen LogP contribution in [0.15, 0.2) is 40.3 Å². The van der Waals surface area contributed by atoms with Crippen molar-refractivity contribution in [3.8, 4) is 0 Å². The van der Waals surface area contributed by atoms with Crippen LogP contribution >= 0.6 is 11.8 Å². The fourth-order valence-electron chi connectivity index (χ4n) is 1.52. The quantitative estimate of drug-likeness (QED) is 0.548. The maximum Gasteiger partial charge on any atom is 0.166 e. The van der Waals surface area contributed by atoms with Gasteiger partial charge >= 0.3 is 0 Å². The third-order valence-electron chi connectivity index (χ3n) is 2.34. The van der Waals surface area contributed by atoms with Gasteiger partial charge in [-0.05, 0) is 18.2 Å². The highest BCUT2D eigenvalue weighted by Gasteiger charge is 2.04. The van der Waals surface area contributed by atoms with E-state index in [1.165, 1.54) is 0 Å². The second-order valence-corrected chi connectivity index (χ2v) is 4.60. The van der Waals surface area contributed by atoms with Crippen LogP contribution in [0.3, 0.4) is 0 Å². The molecule has 0 aliphatic rings. The number of rotatable bonds is 3. The molecule has 3 aromatic rings. The van der Waals surface area contributed by atoms with Crippen molar-refractivity contribution in [2.24, 2.45) is 0 Å². The van der Waals surface area contributed by atoms with Gasteiger partial charge in [0.05, 0.1) is 17.2 Å². The number of H-pyrrole nitrogens is 1. The van der Waals surface area contributed by atoms with Crippen molar-refractivity contribution in [1.82, 2.24) is 15.1 Å². The first-order chi connectivity index (χ1) is 8.31. The topological polar surface area (TPSA) is 80.7 Å². The summed E-state index contributed by atoms with van der Waals surface area (Å²) in [6, 6.07) is 5.63. The average molecular weight is 246 g/mol. The minimum absolute atomic E-state index is 0.733. The molecule has 2 heterocycles. The van der Waals surface area contributed by atoms with Crippen molar-refractivity contribution in [1.29, 1.82) is 0 Å². The van der Waals surface area contributed by atoms with Gasteiger partial charge < -0.3 is 15.2 Å². The number of anilines is 1. The van der Waals surface area contributed by atoms with Gasteiger partial charge in [-0.1, -0.05) is 16.9 Å². The van der Waals surface area contributed by atoms with Crippen LogP contribution in [0.2, 0.25) is 0 Å². The minimum Gasteiger partial charge on any atom is -0.399 e. The molecule has 0 spiro atoms. The van der Waals surface area contributed by atoms with E-state index in [0.717, 1.165) is 33.2 Å². The van der Waals surface area contributed by atoms with E-state index in [2.05, 4.69) is 15.1 Å². The third-order valence-corrected chi connectivity index (χ3v) is 3.29. The van der Waals surface area contributed by atoms with Gasteiger partial charge in [0.25, 0.3) is 0 Å². The van der Waals surface area contributed by atoms with Crippen molar-refractivity contribution in [3.05, 3.63) is 36.2 Å². The molecule has 0 fully saturated rings. The number of nitrogen functional groups attached to an aromatic ring is 1. The lowest BCUT2D eigenvalue weighted by Gasteiger charge is -1.92. The number of nitrogens with two attached hydrogens (primary N) is 1. The summed E-state index contributed by atoms with van der Waals surface area (Å²) in [4.78, 5) is 7.67. The number of hydrogen-bond donors (Lipinski definition) is 2. The Labute approximate surface area is 101 Å². The lowest BCUT2D eigenvalue weighted by molar-refractivity contribution is 0.419. The molecule has 5 nitrogen and oxygen atoms in total. The molecule has 1 aromatic carbocycles. The van der Waals surface area contributed by atoms with Gasteiger partial charge in [-0.15, -0.1) is 0 Å². The Hall–Kier alpha value is -1.95. The zero-order valence-corrected chi connectivity index (χ0v) is 9.70. The fraction of sp³-hybridized carbons (Fsp3) is 0.0909. The Balaban J connectivity index is 1.81. The van der Waals surface area contributed by atoms with Gasteiger partial charge in [0.15, 0.2) is 5.16 Å². The molecular formula is C11H10N4OS. The maximum absolute atomic E-state index is 5.71. The van der Waals surface area contributed by atoms with Gasteiger partial charge in [0, 0.05) is 17.0 Å². The molecule has 0 aliphatic heterocycles. The molecule has 0 saturated heterocycles. The monoisotopic (exact) mass is 246 g/mol. The average Bonchev–Trinajstić information content (AvgIpc) is 2.94. The molecule has 86 valence electrons. The second-order valence-electron chi connectivity index (χ2n) is 3.64. The van der Waals surface area contributed by atoms with Crippen LogP contribution in [0.4, 0.5) is 5.69 Å². The molecule has 0 atom stereocenters. The first kappa shape index (κ1) is 10.2. The number of aromatic amines is 1. The third kappa shape index (κ3) is 2.12. The van der Waals surface area contributed by atoms with Gasteiger partial charge in [0.1, 0.15) is 6.26 Å². The summed E-state index contributed by atoms with van der Waals surface area (Å²) in [6.07, 6.45) is 3.33. The number of thioether (sulfide) groups is 1. The molecule has 17 heavy (non-hydrogen) atoms. The van der Waals surface area contributed by atoms with Crippen LogP contribution in [0.1, 0.15) is 5.56 Å². The summed E-state index contributed by atoms with van der Waals surface area (Å²) in [5, 5.41) is 4.52. The Morgan fingerprint density at radius 2 is 2.35 bits per heavy atom.